The Balaban J connectivity index is 1.84. The van der Waals surface area contributed by atoms with E-state index in [1.54, 1.807) is 0 Å². The second-order valence-electron chi connectivity index (χ2n) is 8.49. The van der Waals surface area contributed by atoms with Crippen molar-refractivity contribution in [1.29, 1.82) is 0 Å². The van der Waals surface area contributed by atoms with Crippen molar-refractivity contribution in [3.05, 3.63) is 105 Å². The number of fused-ring (bicyclic) bond motifs is 2. The van der Waals surface area contributed by atoms with Gasteiger partial charge >= 0.3 is 0 Å². The molecule has 41 heavy (non-hydrogen) atoms. The van der Waals surface area contributed by atoms with E-state index in [4.69, 9.17) is 0 Å². The normalized spacial score (nSPS) is 11.9. The highest BCUT2D eigenvalue weighted by molar-refractivity contribution is 7.99. The molecule has 0 atom stereocenters. The van der Waals surface area contributed by atoms with Crippen molar-refractivity contribution in [2.24, 2.45) is 7.05 Å². The predicted octanol–water partition coefficient (Wildman–Crippen LogP) is 4.29. The molecule has 0 unspecified atom stereocenters. The van der Waals surface area contributed by atoms with Gasteiger partial charge in [0.25, 0.3) is 22.2 Å². The van der Waals surface area contributed by atoms with E-state index in [9.17, 15) is 45.5 Å². The molecule has 0 amide bonds. The first-order valence-corrected chi connectivity index (χ1v) is 11.5. The van der Waals surface area contributed by atoms with Crippen LogP contribution in [0.1, 0.15) is 5.56 Å². The van der Waals surface area contributed by atoms with Crippen molar-refractivity contribution in [2.45, 2.75) is 16.7 Å². The summed E-state index contributed by atoms with van der Waals surface area (Å²) in [4.78, 5) is 46.4. The monoisotopic (exact) mass is 608 g/mol. The topological polar surface area (TPSA) is 78.1 Å². The summed E-state index contributed by atoms with van der Waals surface area (Å²) in [5.41, 5.74) is -10.4. The van der Waals surface area contributed by atoms with Gasteiger partial charge in [-0.1, -0.05) is 11.8 Å². The first-order chi connectivity index (χ1) is 19.1. The van der Waals surface area contributed by atoms with E-state index in [1.165, 1.54) is 0 Å². The Labute approximate surface area is 221 Å². The van der Waals surface area contributed by atoms with E-state index < -0.39 is 139 Å². The highest BCUT2D eigenvalue weighted by Gasteiger charge is 2.35. The van der Waals surface area contributed by atoms with E-state index >= 15 is 17.6 Å². The van der Waals surface area contributed by atoms with Crippen LogP contribution in [0.5, 0.6) is 0 Å². The molecule has 2 heterocycles. The zero-order valence-electron chi connectivity index (χ0n) is 19.7. The van der Waals surface area contributed by atoms with Crippen molar-refractivity contribution in [2.75, 3.05) is 0 Å². The molecule has 3 aromatic carbocycles. The van der Waals surface area contributed by atoms with Crippen LogP contribution in [-0.4, -0.2) is 9.13 Å². The highest BCUT2D eigenvalue weighted by Crippen LogP contribution is 2.41. The second-order valence-corrected chi connectivity index (χ2v) is 9.51. The Morgan fingerprint density at radius 2 is 0.780 bits per heavy atom. The molecule has 2 aromatic heterocycles. The van der Waals surface area contributed by atoms with Crippen LogP contribution in [0, 0.1) is 65.1 Å². The first-order valence-electron chi connectivity index (χ1n) is 10.7. The molecular formula is C24H6F10N2O4S. The van der Waals surface area contributed by atoms with E-state index in [-0.39, 0.29) is 4.57 Å². The summed E-state index contributed by atoms with van der Waals surface area (Å²) in [5.74, 6) is -22.5. The summed E-state index contributed by atoms with van der Waals surface area (Å²) < 4.78 is 146. The van der Waals surface area contributed by atoms with Crippen molar-refractivity contribution in [3.8, 4) is 5.69 Å². The third kappa shape index (κ3) is 3.47. The summed E-state index contributed by atoms with van der Waals surface area (Å²) in [6.07, 6.45) is 0. The summed E-state index contributed by atoms with van der Waals surface area (Å²) in [5, 5.41) is -5.75. The van der Waals surface area contributed by atoms with Crippen molar-refractivity contribution in [1.82, 2.24) is 9.13 Å². The van der Waals surface area contributed by atoms with E-state index in [2.05, 4.69) is 0 Å². The fraction of sp³-hybridized carbons (Fsp3) is 0.0833. The van der Waals surface area contributed by atoms with Gasteiger partial charge in [0.05, 0.1) is 31.3 Å². The molecule has 0 radical (unpaired) electrons. The number of hydrogen-bond donors (Lipinski definition) is 0. The third-order valence-corrected chi connectivity index (χ3v) is 7.44. The molecular weight excluding hydrogens is 602 g/mol. The molecule has 0 aliphatic rings. The fourth-order valence-electron chi connectivity index (χ4n) is 4.24. The minimum atomic E-state index is -2.60. The Morgan fingerprint density at radius 1 is 0.463 bits per heavy atom. The van der Waals surface area contributed by atoms with Gasteiger partial charge in [0.15, 0.2) is 58.2 Å². The quantitative estimate of drug-likeness (QED) is 0.226. The molecule has 0 bridgehead atoms. The average molecular weight is 608 g/mol. The molecule has 0 saturated heterocycles. The summed E-state index contributed by atoms with van der Waals surface area (Å²) >= 11 is -0.828. The van der Waals surface area contributed by atoms with Crippen LogP contribution >= 0.6 is 11.8 Å². The largest absolute Gasteiger partial charge is 0.277 e. The zero-order chi connectivity index (χ0) is 30.6. The van der Waals surface area contributed by atoms with Crippen molar-refractivity contribution < 1.29 is 43.9 Å². The Kier molecular flexibility index (Phi) is 6.21. The van der Waals surface area contributed by atoms with Crippen LogP contribution in [-0.2, 0) is 7.05 Å². The fourth-order valence-corrected chi connectivity index (χ4v) is 5.16. The molecule has 5 rings (SSSR count). The minimum absolute atomic E-state index is 0.247. The molecule has 0 N–H and O–H groups in total. The van der Waals surface area contributed by atoms with Gasteiger partial charge in [0, 0.05) is 12.6 Å². The van der Waals surface area contributed by atoms with Crippen molar-refractivity contribution >= 4 is 33.3 Å². The molecule has 212 valence electrons. The molecule has 0 fully saturated rings. The third-order valence-electron chi connectivity index (χ3n) is 6.32. The van der Waals surface area contributed by atoms with Gasteiger partial charge in [-0.25, -0.2) is 48.5 Å². The zero-order valence-corrected chi connectivity index (χ0v) is 20.5. The van der Waals surface area contributed by atoms with Gasteiger partial charge in [0.1, 0.15) is 5.69 Å². The van der Waals surface area contributed by atoms with Crippen LogP contribution in [0.2, 0.25) is 0 Å². The van der Waals surface area contributed by atoms with E-state index in [0.717, 1.165) is 7.05 Å². The second kappa shape index (κ2) is 9.05. The molecule has 6 nitrogen and oxygen atoms in total. The van der Waals surface area contributed by atoms with Crippen LogP contribution < -0.4 is 22.2 Å². The maximum atomic E-state index is 15.2. The van der Waals surface area contributed by atoms with Gasteiger partial charge in [-0.15, -0.1) is 0 Å². The molecule has 0 aliphatic heterocycles. The lowest BCUT2D eigenvalue weighted by Crippen LogP contribution is -2.27. The smallest absolute Gasteiger partial charge is 0.269 e. The van der Waals surface area contributed by atoms with Gasteiger partial charge in [-0.3, -0.25) is 23.7 Å². The lowest BCUT2D eigenvalue weighted by atomic mass is 10.1. The van der Waals surface area contributed by atoms with Crippen LogP contribution in [0.4, 0.5) is 43.9 Å². The molecule has 0 aliphatic carbocycles. The molecule has 5 aromatic rings. The SMILES string of the molecule is Cc1c(F)c(F)c(Sc2c(F)c(F)c(-n3c(=O)c4c(F)c5c(=O)n(C)c(=O)c5c(F)c4c3=O)c(F)c2F)c(F)c1F. The van der Waals surface area contributed by atoms with E-state index in [0.29, 0.717) is 6.92 Å². The Bertz CT molecular complexity index is 2110. The maximum absolute atomic E-state index is 15.2. The van der Waals surface area contributed by atoms with Gasteiger partial charge in [-0.2, -0.15) is 0 Å². The number of halogens is 10. The molecule has 0 spiro atoms. The Morgan fingerprint density at radius 3 is 1.15 bits per heavy atom. The van der Waals surface area contributed by atoms with E-state index in [1.807, 2.05) is 0 Å². The lowest BCUT2D eigenvalue weighted by Gasteiger charge is -2.13. The number of aromatic nitrogens is 2. The predicted molar refractivity (Wildman–Crippen MR) is 122 cm³/mol. The standard InChI is InChI=1S/C24H6F10N2O4S/c1-3-8(25)14(31)19(15(32)9(3)26)41-20-16(33)12(29)18(13(30)17(20)34)36-23(39)6-7(24(36)40)11(28)5-4(10(6)27)21(37)35(2)22(5)38/h1-2H3. The number of rotatable bonds is 3. The first kappa shape index (κ1) is 28.1. The molecule has 0 saturated carbocycles. The molecule has 17 heteroatoms. The summed E-state index contributed by atoms with van der Waals surface area (Å²) in [6, 6.07) is 0. The highest BCUT2D eigenvalue weighted by atomic mass is 32.2. The summed E-state index contributed by atoms with van der Waals surface area (Å²) in [6.45, 7) is 0.618. The number of nitrogens with zero attached hydrogens (tertiary/aromatic N) is 2. The van der Waals surface area contributed by atoms with Crippen molar-refractivity contribution in [3.63, 3.8) is 0 Å². The minimum Gasteiger partial charge on any atom is -0.277 e. The van der Waals surface area contributed by atoms with Crippen LogP contribution in [0.25, 0.3) is 27.2 Å². The number of benzene rings is 3. The maximum Gasteiger partial charge on any atom is 0.269 e. The van der Waals surface area contributed by atoms with Gasteiger partial charge < -0.3 is 0 Å². The summed E-state index contributed by atoms with van der Waals surface area (Å²) in [7, 11) is 0.817. The van der Waals surface area contributed by atoms with Gasteiger partial charge in [0.2, 0.25) is 0 Å². The van der Waals surface area contributed by atoms with Crippen LogP contribution in [0.3, 0.4) is 0 Å². The average Bonchev–Trinajstić information content (AvgIpc) is 3.33. The van der Waals surface area contributed by atoms with Gasteiger partial charge in [-0.05, 0) is 6.92 Å². The van der Waals surface area contributed by atoms with Crippen LogP contribution in [0.15, 0.2) is 29.0 Å². The lowest BCUT2D eigenvalue weighted by molar-refractivity contribution is 0.412. The Hall–Kier alpha value is -4.41. The number of hydrogen-bond acceptors (Lipinski definition) is 5.